The van der Waals surface area contributed by atoms with Crippen LogP contribution in [0, 0.1) is 6.92 Å². The van der Waals surface area contributed by atoms with E-state index in [-0.39, 0.29) is 6.42 Å². The van der Waals surface area contributed by atoms with Gasteiger partial charge in [0.25, 0.3) is 0 Å². The van der Waals surface area contributed by atoms with Crippen molar-refractivity contribution in [2.75, 3.05) is 7.11 Å². The van der Waals surface area contributed by atoms with Crippen molar-refractivity contribution in [3.05, 3.63) is 29.6 Å². The summed E-state index contributed by atoms with van der Waals surface area (Å²) in [6, 6.07) is 5.32. The number of aromatic nitrogens is 1. The predicted octanol–water partition coefficient (Wildman–Crippen LogP) is 1.16. The molecular formula is C11H15NO3. The maximum absolute atomic E-state index is 11.1. The molecule has 0 radical (unpaired) electrons. The van der Waals surface area contributed by atoms with E-state index in [0.29, 0.717) is 5.69 Å². The largest absolute Gasteiger partial charge is 0.469 e. The van der Waals surface area contributed by atoms with E-state index in [1.807, 2.05) is 13.0 Å². The number of aliphatic hydroxyl groups is 1. The van der Waals surface area contributed by atoms with Gasteiger partial charge in [-0.3, -0.25) is 9.78 Å². The number of hydrogen-bond acceptors (Lipinski definition) is 4. The molecule has 0 fully saturated rings. The predicted molar refractivity (Wildman–Crippen MR) is 55.2 cm³/mol. The first-order valence-corrected chi connectivity index (χ1v) is 4.69. The Morgan fingerprint density at radius 2 is 2.27 bits per heavy atom. The lowest BCUT2D eigenvalue weighted by atomic mass is 9.97. The second kappa shape index (κ2) is 4.40. The molecular weight excluding hydrogens is 194 g/mol. The quantitative estimate of drug-likeness (QED) is 0.759. The molecule has 4 nitrogen and oxygen atoms in total. The third kappa shape index (κ3) is 3.02. The minimum absolute atomic E-state index is 0.0973. The van der Waals surface area contributed by atoms with Crippen molar-refractivity contribution >= 4 is 5.97 Å². The van der Waals surface area contributed by atoms with Gasteiger partial charge in [-0.15, -0.1) is 0 Å². The number of rotatable bonds is 3. The molecule has 0 spiro atoms. The summed E-state index contributed by atoms with van der Waals surface area (Å²) in [7, 11) is 1.29. The Balaban J connectivity index is 2.90. The van der Waals surface area contributed by atoms with Crippen molar-refractivity contribution < 1.29 is 14.6 Å². The van der Waals surface area contributed by atoms with Gasteiger partial charge in [-0.2, -0.15) is 0 Å². The molecule has 15 heavy (non-hydrogen) atoms. The smallest absolute Gasteiger partial charge is 0.308 e. The average Bonchev–Trinajstić information content (AvgIpc) is 2.17. The zero-order valence-corrected chi connectivity index (χ0v) is 9.15. The van der Waals surface area contributed by atoms with Crippen molar-refractivity contribution in [3.8, 4) is 0 Å². The SMILES string of the molecule is COC(=O)CC(C)(O)c1cccc(C)n1. The number of pyridine rings is 1. The molecule has 0 saturated carbocycles. The molecule has 1 aromatic heterocycles. The fourth-order valence-corrected chi connectivity index (χ4v) is 1.29. The number of hydrogen-bond donors (Lipinski definition) is 1. The Morgan fingerprint density at radius 3 is 2.80 bits per heavy atom. The first kappa shape index (κ1) is 11.7. The molecule has 1 heterocycles. The molecule has 1 N–H and O–H groups in total. The average molecular weight is 209 g/mol. The Morgan fingerprint density at radius 1 is 1.60 bits per heavy atom. The maximum atomic E-state index is 11.1. The van der Waals surface area contributed by atoms with Gasteiger partial charge >= 0.3 is 5.97 Å². The number of methoxy groups -OCH3 is 1. The molecule has 4 heteroatoms. The van der Waals surface area contributed by atoms with Gasteiger partial charge in [-0.05, 0) is 26.0 Å². The van der Waals surface area contributed by atoms with Gasteiger partial charge in [0.15, 0.2) is 0 Å². The molecule has 1 rings (SSSR count). The molecule has 0 saturated heterocycles. The summed E-state index contributed by atoms with van der Waals surface area (Å²) in [4.78, 5) is 15.3. The van der Waals surface area contributed by atoms with Crippen molar-refractivity contribution in [1.82, 2.24) is 4.98 Å². The summed E-state index contributed by atoms with van der Waals surface area (Å²) in [6.07, 6.45) is -0.0973. The first-order valence-electron chi connectivity index (χ1n) is 4.69. The second-order valence-electron chi connectivity index (χ2n) is 3.69. The van der Waals surface area contributed by atoms with Gasteiger partial charge in [0.2, 0.25) is 0 Å². The summed E-state index contributed by atoms with van der Waals surface area (Å²) in [5.41, 5.74) is 0.00425. The van der Waals surface area contributed by atoms with Crippen LogP contribution < -0.4 is 0 Å². The first-order chi connectivity index (χ1) is 6.95. The minimum atomic E-state index is -1.28. The van der Waals surface area contributed by atoms with Crippen molar-refractivity contribution in [2.45, 2.75) is 25.9 Å². The monoisotopic (exact) mass is 209 g/mol. The van der Waals surface area contributed by atoms with Crippen LogP contribution in [0.5, 0.6) is 0 Å². The van der Waals surface area contributed by atoms with Crippen LogP contribution in [0.15, 0.2) is 18.2 Å². The van der Waals surface area contributed by atoms with E-state index >= 15 is 0 Å². The van der Waals surface area contributed by atoms with Crippen molar-refractivity contribution in [2.24, 2.45) is 0 Å². The molecule has 0 bridgehead atoms. The topological polar surface area (TPSA) is 59.4 Å². The molecule has 0 aromatic carbocycles. The van der Waals surface area contributed by atoms with E-state index in [1.54, 1.807) is 19.1 Å². The van der Waals surface area contributed by atoms with E-state index in [9.17, 15) is 9.90 Å². The van der Waals surface area contributed by atoms with Crippen LogP contribution in [0.25, 0.3) is 0 Å². The second-order valence-corrected chi connectivity index (χ2v) is 3.69. The molecule has 0 aliphatic heterocycles. The normalized spacial score (nSPS) is 14.4. The Kier molecular flexibility index (Phi) is 3.42. The highest BCUT2D eigenvalue weighted by Gasteiger charge is 2.28. The van der Waals surface area contributed by atoms with Crippen LogP contribution in [0.3, 0.4) is 0 Å². The highest BCUT2D eigenvalue weighted by molar-refractivity contribution is 5.70. The van der Waals surface area contributed by atoms with Crippen molar-refractivity contribution in [3.63, 3.8) is 0 Å². The fourth-order valence-electron chi connectivity index (χ4n) is 1.29. The van der Waals surface area contributed by atoms with E-state index in [4.69, 9.17) is 0 Å². The van der Waals surface area contributed by atoms with E-state index < -0.39 is 11.6 Å². The van der Waals surface area contributed by atoms with E-state index in [0.717, 1.165) is 5.69 Å². The molecule has 82 valence electrons. The number of nitrogens with zero attached hydrogens (tertiary/aromatic N) is 1. The van der Waals surface area contributed by atoms with Crippen molar-refractivity contribution in [1.29, 1.82) is 0 Å². The lowest BCUT2D eigenvalue weighted by Crippen LogP contribution is -2.27. The van der Waals surface area contributed by atoms with Crippen LogP contribution in [0.1, 0.15) is 24.7 Å². The lowest BCUT2D eigenvalue weighted by molar-refractivity contribution is -0.146. The highest BCUT2D eigenvalue weighted by Crippen LogP contribution is 2.22. The van der Waals surface area contributed by atoms with Gasteiger partial charge < -0.3 is 9.84 Å². The molecule has 0 aliphatic rings. The Labute approximate surface area is 88.9 Å². The lowest BCUT2D eigenvalue weighted by Gasteiger charge is -2.21. The van der Waals surface area contributed by atoms with Gasteiger partial charge in [-0.25, -0.2) is 0 Å². The Bertz CT molecular complexity index is 361. The van der Waals surface area contributed by atoms with Crippen LogP contribution >= 0.6 is 0 Å². The molecule has 1 atom stereocenters. The summed E-state index contributed by atoms with van der Waals surface area (Å²) < 4.78 is 4.51. The Hall–Kier alpha value is -1.42. The van der Waals surface area contributed by atoms with Gasteiger partial charge in [0, 0.05) is 5.69 Å². The standard InChI is InChI=1S/C11H15NO3/c1-8-5-4-6-9(12-8)11(2,14)7-10(13)15-3/h4-6,14H,7H2,1-3H3. The number of ether oxygens (including phenoxy) is 1. The molecule has 0 aliphatic carbocycles. The number of carbonyl (C=O) groups is 1. The third-order valence-corrected chi connectivity index (χ3v) is 2.16. The zero-order chi connectivity index (χ0) is 11.5. The number of esters is 1. The number of carbonyl (C=O) groups excluding carboxylic acids is 1. The summed E-state index contributed by atoms with van der Waals surface area (Å²) >= 11 is 0. The van der Waals surface area contributed by atoms with E-state index in [2.05, 4.69) is 9.72 Å². The van der Waals surface area contributed by atoms with Gasteiger partial charge in [-0.1, -0.05) is 6.07 Å². The van der Waals surface area contributed by atoms with Gasteiger partial charge in [0.05, 0.1) is 19.2 Å². The summed E-state index contributed by atoms with van der Waals surface area (Å²) in [5.74, 6) is -0.455. The maximum Gasteiger partial charge on any atom is 0.308 e. The molecule has 0 amide bonds. The van der Waals surface area contributed by atoms with Crippen LogP contribution in [-0.4, -0.2) is 23.2 Å². The van der Waals surface area contributed by atoms with Crippen LogP contribution in [-0.2, 0) is 15.1 Å². The minimum Gasteiger partial charge on any atom is -0.469 e. The molecule has 1 aromatic rings. The third-order valence-electron chi connectivity index (χ3n) is 2.16. The molecule has 1 unspecified atom stereocenters. The summed E-state index contributed by atoms with van der Waals surface area (Å²) in [6.45, 7) is 3.38. The zero-order valence-electron chi connectivity index (χ0n) is 9.15. The van der Waals surface area contributed by atoms with Gasteiger partial charge in [0.1, 0.15) is 5.60 Å². The highest BCUT2D eigenvalue weighted by atomic mass is 16.5. The van der Waals surface area contributed by atoms with Crippen LogP contribution in [0.4, 0.5) is 0 Å². The summed E-state index contributed by atoms with van der Waals surface area (Å²) in [5, 5.41) is 10.0. The fraction of sp³-hybridized carbons (Fsp3) is 0.455. The van der Waals surface area contributed by atoms with Crippen LogP contribution in [0.2, 0.25) is 0 Å². The van der Waals surface area contributed by atoms with E-state index in [1.165, 1.54) is 7.11 Å². The number of aryl methyl sites for hydroxylation is 1.